The molecule has 0 saturated heterocycles. The maximum Gasteiger partial charge on any atom is 0.341 e. The molecule has 3 aromatic rings. The summed E-state index contributed by atoms with van der Waals surface area (Å²) in [6.07, 6.45) is 2.20. The Balaban J connectivity index is 1.51. The van der Waals surface area contributed by atoms with Crippen LogP contribution >= 0.6 is 23.1 Å². The van der Waals surface area contributed by atoms with Crippen LogP contribution in [0.3, 0.4) is 0 Å². The lowest BCUT2D eigenvalue weighted by Crippen LogP contribution is -2.11. The van der Waals surface area contributed by atoms with Crippen molar-refractivity contribution >= 4 is 32.9 Å². The SMILES string of the molecule is O=S(=O)(c1ccc(CSc2nnc(-c3cccs3)n2C2CC2)cc1)C(F)F. The van der Waals surface area contributed by atoms with Gasteiger partial charge in [0.25, 0.3) is 0 Å². The molecule has 5 nitrogen and oxygen atoms in total. The third-order valence-electron chi connectivity index (χ3n) is 4.17. The van der Waals surface area contributed by atoms with E-state index in [0.717, 1.165) is 34.3 Å². The van der Waals surface area contributed by atoms with Gasteiger partial charge in [0.15, 0.2) is 11.0 Å². The first-order valence-corrected chi connectivity index (χ1v) is 11.6. The molecular formula is C17H15F2N3O2S3. The lowest BCUT2D eigenvalue weighted by molar-refractivity contribution is 0.234. The smallest absolute Gasteiger partial charge is 0.298 e. The van der Waals surface area contributed by atoms with Crippen molar-refractivity contribution in [3.63, 3.8) is 0 Å². The fourth-order valence-corrected chi connectivity index (χ4v) is 5.03. The number of thiophene rings is 1. The zero-order chi connectivity index (χ0) is 19.0. The highest BCUT2D eigenvalue weighted by atomic mass is 32.2. The molecule has 4 rings (SSSR count). The summed E-state index contributed by atoms with van der Waals surface area (Å²) in [5.41, 5.74) is 0.830. The topological polar surface area (TPSA) is 64.8 Å². The largest absolute Gasteiger partial charge is 0.341 e. The van der Waals surface area contributed by atoms with Gasteiger partial charge in [0.1, 0.15) is 0 Å². The third kappa shape index (κ3) is 3.78. The van der Waals surface area contributed by atoms with Gasteiger partial charge in [0, 0.05) is 11.8 Å². The first kappa shape index (κ1) is 18.6. The molecule has 10 heteroatoms. The van der Waals surface area contributed by atoms with E-state index in [1.54, 1.807) is 23.5 Å². The van der Waals surface area contributed by atoms with Gasteiger partial charge in [-0.25, -0.2) is 8.42 Å². The van der Waals surface area contributed by atoms with Crippen LogP contribution in [0.2, 0.25) is 0 Å². The Bertz CT molecular complexity index is 1030. The van der Waals surface area contributed by atoms with Crippen LogP contribution < -0.4 is 0 Å². The van der Waals surface area contributed by atoms with Gasteiger partial charge in [-0.3, -0.25) is 4.57 Å². The summed E-state index contributed by atoms with van der Waals surface area (Å²) >= 11 is 3.12. The summed E-state index contributed by atoms with van der Waals surface area (Å²) in [5, 5.41) is 11.5. The summed E-state index contributed by atoms with van der Waals surface area (Å²) in [5.74, 6) is -2.00. The van der Waals surface area contributed by atoms with Crippen LogP contribution in [0.15, 0.2) is 51.8 Å². The molecule has 1 aliphatic carbocycles. The van der Waals surface area contributed by atoms with Gasteiger partial charge in [0.2, 0.25) is 9.84 Å². The second-order valence-electron chi connectivity index (χ2n) is 6.12. The van der Waals surface area contributed by atoms with Crippen LogP contribution in [0, 0.1) is 0 Å². The average Bonchev–Trinajstić information content (AvgIpc) is 3.18. The highest BCUT2D eigenvalue weighted by molar-refractivity contribution is 7.98. The molecule has 2 aromatic heterocycles. The quantitative estimate of drug-likeness (QED) is 0.515. The van der Waals surface area contributed by atoms with Crippen molar-refractivity contribution in [3.8, 4) is 10.7 Å². The van der Waals surface area contributed by atoms with Gasteiger partial charge >= 0.3 is 5.76 Å². The minimum absolute atomic E-state index is 0.368. The van der Waals surface area contributed by atoms with E-state index in [0.29, 0.717) is 11.8 Å². The van der Waals surface area contributed by atoms with E-state index in [9.17, 15) is 17.2 Å². The normalized spacial score (nSPS) is 14.8. The Kier molecular flexibility index (Phi) is 5.04. The minimum Gasteiger partial charge on any atom is -0.298 e. The van der Waals surface area contributed by atoms with E-state index >= 15 is 0 Å². The number of alkyl halides is 2. The van der Waals surface area contributed by atoms with Gasteiger partial charge in [-0.2, -0.15) is 8.78 Å². The van der Waals surface area contributed by atoms with Gasteiger partial charge in [0.05, 0.1) is 9.77 Å². The number of sulfone groups is 1. The summed E-state index contributed by atoms with van der Waals surface area (Å²) in [7, 11) is -4.56. The predicted molar refractivity (Wildman–Crippen MR) is 101 cm³/mol. The van der Waals surface area contributed by atoms with Crippen LogP contribution in [0.5, 0.6) is 0 Å². The summed E-state index contributed by atoms with van der Waals surface area (Å²) in [4.78, 5) is 0.704. The summed E-state index contributed by atoms with van der Waals surface area (Å²) in [6, 6.07) is 9.97. The second kappa shape index (κ2) is 7.33. The number of halogens is 2. The molecule has 0 bridgehead atoms. The molecule has 1 saturated carbocycles. The molecule has 0 radical (unpaired) electrons. The van der Waals surface area contributed by atoms with Crippen LogP contribution in [-0.4, -0.2) is 28.9 Å². The fourth-order valence-electron chi connectivity index (χ4n) is 2.64. The van der Waals surface area contributed by atoms with Crippen molar-refractivity contribution in [2.24, 2.45) is 0 Å². The minimum atomic E-state index is -4.56. The molecule has 0 N–H and O–H groups in total. The summed E-state index contributed by atoms with van der Waals surface area (Å²) in [6.45, 7) is 0. The van der Waals surface area contributed by atoms with Crippen molar-refractivity contribution in [2.75, 3.05) is 0 Å². The Hall–Kier alpha value is -1.78. The first-order chi connectivity index (χ1) is 13.0. The van der Waals surface area contributed by atoms with Crippen LogP contribution in [0.25, 0.3) is 10.7 Å². The van der Waals surface area contributed by atoms with Crippen molar-refractivity contribution in [3.05, 3.63) is 47.3 Å². The Morgan fingerprint density at radius 3 is 2.52 bits per heavy atom. The van der Waals surface area contributed by atoms with Gasteiger partial charge < -0.3 is 0 Å². The molecule has 27 heavy (non-hydrogen) atoms. The predicted octanol–water partition coefficient (Wildman–Crippen LogP) is 4.63. The average molecular weight is 428 g/mol. The molecule has 0 aliphatic heterocycles. The Morgan fingerprint density at radius 2 is 1.93 bits per heavy atom. The summed E-state index contributed by atoms with van der Waals surface area (Å²) < 4.78 is 50.3. The van der Waals surface area contributed by atoms with Crippen LogP contribution in [0.1, 0.15) is 24.4 Å². The molecule has 1 aromatic carbocycles. The highest BCUT2D eigenvalue weighted by Crippen LogP contribution is 2.42. The lowest BCUT2D eigenvalue weighted by Gasteiger charge is -2.08. The van der Waals surface area contributed by atoms with Crippen molar-refractivity contribution in [2.45, 2.75) is 40.4 Å². The Labute approximate surface area is 163 Å². The molecule has 1 fully saturated rings. The monoisotopic (exact) mass is 427 g/mol. The molecule has 2 heterocycles. The number of aromatic nitrogens is 3. The maximum atomic E-state index is 12.6. The zero-order valence-corrected chi connectivity index (χ0v) is 16.4. The molecule has 1 aliphatic rings. The molecule has 0 unspecified atom stereocenters. The number of thioether (sulfide) groups is 1. The van der Waals surface area contributed by atoms with Gasteiger partial charge in [-0.1, -0.05) is 30.0 Å². The fraction of sp³-hybridized carbons (Fsp3) is 0.294. The van der Waals surface area contributed by atoms with E-state index in [1.807, 2.05) is 17.5 Å². The standard InChI is InChI=1S/C17H15F2N3O2S3/c18-16(19)27(23,24)13-7-3-11(4-8-13)10-26-17-21-20-15(14-2-1-9-25-14)22(17)12-5-6-12/h1-4,7-9,12,16H,5-6,10H2. The zero-order valence-electron chi connectivity index (χ0n) is 14.0. The van der Waals surface area contributed by atoms with E-state index < -0.39 is 15.6 Å². The second-order valence-corrected chi connectivity index (χ2v) is 9.93. The van der Waals surface area contributed by atoms with Crippen molar-refractivity contribution in [1.82, 2.24) is 14.8 Å². The van der Waals surface area contributed by atoms with Gasteiger partial charge in [-0.05, 0) is 42.0 Å². The number of rotatable bonds is 7. The van der Waals surface area contributed by atoms with E-state index in [-0.39, 0.29) is 4.90 Å². The molecule has 0 spiro atoms. The van der Waals surface area contributed by atoms with E-state index in [1.165, 1.54) is 23.9 Å². The number of hydrogen-bond donors (Lipinski definition) is 0. The van der Waals surface area contributed by atoms with E-state index in [4.69, 9.17) is 0 Å². The molecule has 0 amide bonds. The van der Waals surface area contributed by atoms with Crippen LogP contribution in [-0.2, 0) is 15.6 Å². The molecule has 142 valence electrons. The maximum absolute atomic E-state index is 12.6. The van der Waals surface area contributed by atoms with Gasteiger partial charge in [-0.15, -0.1) is 21.5 Å². The highest BCUT2D eigenvalue weighted by Gasteiger charge is 2.30. The first-order valence-electron chi connectivity index (χ1n) is 8.19. The number of hydrogen-bond acceptors (Lipinski definition) is 6. The number of benzene rings is 1. The van der Waals surface area contributed by atoms with Crippen molar-refractivity contribution < 1.29 is 17.2 Å². The molecular weight excluding hydrogens is 412 g/mol. The third-order valence-corrected chi connectivity index (χ3v) is 7.45. The van der Waals surface area contributed by atoms with E-state index in [2.05, 4.69) is 14.8 Å². The molecule has 0 atom stereocenters. The lowest BCUT2D eigenvalue weighted by atomic mass is 10.2. The Morgan fingerprint density at radius 1 is 1.19 bits per heavy atom. The number of nitrogens with zero attached hydrogens (tertiary/aromatic N) is 3. The van der Waals surface area contributed by atoms with Crippen LogP contribution in [0.4, 0.5) is 8.78 Å². The van der Waals surface area contributed by atoms with Crippen molar-refractivity contribution in [1.29, 1.82) is 0 Å².